The van der Waals surface area contributed by atoms with Gasteiger partial charge < -0.3 is 10.2 Å². The van der Waals surface area contributed by atoms with Gasteiger partial charge in [0.15, 0.2) is 0 Å². The van der Waals surface area contributed by atoms with Gasteiger partial charge >= 0.3 is 6.18 Å². The Hall–Kier alpha value is -1.56. The molecule has 18 heavy (non-hydrogen) atoms. The van der Waals surface area contributed by atoms with Crippen LogP contribution in [0.1, 0.15) is 15.9 Å². The van der Waals surface area contributed by atoms with Crippen molar-refractivity contribution in [2.45, 2.75) is 6.18 Å². The van der Waals surface area contributed by atoms with Crippen LogP contribution in [0.2, 0.25) is 0 Å². The molecule has 0 amide bonds. The molecule has 1 fully saturated rings. The minimum Gasteiger partial charge on any atom is -0.368 e. The second-order valence-electron chi connectivity index (χ2n) is 4.13. The van der Waals surface area contributed by atoms with Crippen LogP contribution >= 0.6 is 0 Å². The zero-order valence-electron chi connectivity index (χ0n) is 9.63. The van der Waals surface area contributed by atoms with E-state index in [9.17, 15) is 18.0 Å². The predicted octanol–water partition coefficient (Wildman–Crippen LogP) is 1.93. The van der Waals surface area contributed by atoms with E-state index in [1.165, 1.54) is 12.1 Å². The van der Waals surface area contributed by atoms with Crippen LogP contribution in [0, 0.1) is 0 Å². The summed E-state index contributed by atoms with van der Waals surface area (Å²) in [6.07, 6.45) is -4.02. The monoisotopic (exact) mass is 258 g/mol. The van der Waals surface area contributed by atoms with Gasteiger partial charge in [-0.25, -0.2) is 0 Å². The summed E-state index contributed by atoms with van der Waals surface area (Å²) in [5.74, 6) is 0. The van der Waals surface area contributed by atoms with E-state index in [1.54, 1.807) is 4.90 Å². The maximum absolute atomic E-state index is 13.0. The van der Waals surface area contributed by atoms with Crippen LogP contribution in [0.25, 0.3) is 0 Å². The highest BCUT2D eigenvalue weighted by Gasteiger charge is 2.35. The average molecular weight is 258 g/mol. The molecule has 0 aliphatic carbocycles. The van der Waals surface area contributed by atoms with Crippen molar-refractivity contribution in [1.82, 2.24) is 5.32 Å². The summed E-state index contributed by atoms with van der Waals surface area (Å²) in [6.45, 7) is 2.38. The number of piperazine rings is 1. The number of nitrogens with zero attached hydrogens (tertiary/aromatic N) is 1. The van der Waals surface area contributed by atoms with Crippen LogP contribution in [-0.4, -0.2) is 32.5 Å². The molecule has 6 heteroatoms. The van der Waals surface area contributed by atoms with E-state index in [-0.39, 0.29) is 11.3 Å². The number of alkyl halides is 3. The van der Waals surface area contributed by atoms with Crippen molar-refractivity contribution in [1.29, 1.82) is 0 Å². The maximum Gasteiger partial charge on any atom is 0.418 e. The number of rotatable bonds is 2. The third-order valence-corrected chi connectivity index (χ3v) is 2.92. The average Bonchev–Trinajstić information content (AvgIpc) is 2.38. The van der Waals surface area contributed by atoms with Gasteiger partial charge in [0.2, 0.25) is 0 Å². The summed E-state index contributed by atoms with van der Waals surface area (Å²) in [4.78, 5) is 12.3. The summed E-state index contributed by atoms with van der Waals surface area (Å²) >= 11 is 0. The summed E-state index contributed by atoms with van der Waals surface area (Å²) in [7, 11) is 0. The Labute approximate surface area is 103 Å². The second-order valence-corrected chi connectivity index (χ2v) is 4.13. The molecule has 0 atom stereocenters. The molecule has 1 saturated heterocycles. The van der Waals surface area contributed by atoms with Crippen LogP contribution in [0.5, 0.6) is 0 Å². The molecule has 0 aromatic heterocycles. The number of carbonyl (C=O) groups excluding carboxylic acids is 1. The number of hydrogen-bond acceptors (Lipinski definition) is 3. The van der Waals surface area contributed by atoms with E-state index in [1.807, 2.05) is 0 Å². The van der Waals surface area contributed by atoms with Gasteiger partial charge in [-0.15, -0.1) is 0 Å². The molecule has 0 spiro atoms. The number of carbonyl (C=O) groups is 1. The Morgan fingerprint density at radius 1 is 1.22 bits per heavy atom. The highest BCUT2D eigenvalue weighted by Crippen LogP contribution is 2.37. The molecule has 0 radical (unpaired) electrons. The van der Waals surface area contributed by atoms with Crippen LogP contribution in [0.15, 0.2) is 18.2 Å². The third-order valence-electron chi connectivity index (χ3n) is 2.92. The van der Waals surface area contributed by atoms with E-state index in [0.29, 0.717) is 32.5 Å². The molecule has 1 aliphatic rings. The Kier molecular flexibility index (Phi) is 3.56. The van der Waals surface area contributed by atoms with Crippen LogP contribution in [0.4, 0.5) is 18.9 Å². The largest absolute Gasteiger partial charge is 0.418 e. The molecule has 1 heterocycles. The molecule has 0 bridgehead atoms. The van der Waals surface area contributed by atoms with Crippen molar-refractivity contribution in [3.05, 3.63) is 29.3 Å². The van der Waals surface area contributed by atoms with Gasteiger partial charge in [0.25, 0.3) is 0 Å². The molecule has 1 N–H and O–H groups in total. The Balaban J connectivity index is 2.41. The minimum atomic E-state index is -4.45. The first-order chi connectivity index (χ1) is 8.52. The third kappa shape index (κ3) is 2.64. The standard InChI is InChI=1S/C12H13F3N2O/c13-12(14,15)10-7-9(8-18)1-2-11(10)17-5-3-16-4-6-17/h1-2,7-8,16H,3-6H2. The fourth-order valence-electron chi connectivity index (χ4n) is 2.04. The summed E-state index contributed by atoms with van der Waals surface area (Å²) in [5.41, 5.74) is -0.551. The fraction of sp³-hybridized carbons (Fsp3) is 0.417. The highest BCUT2D eigenvalue weighted by atomic mass is 19.4. The van der Waals surface area contributed by atoms with Crippen LogP contribution in [0.3, 0.4) is 0 Å². The van der Waals surface area contributed by atoms with Gasteiger partial charge in [0, 0.05) is 37.4 Å². The normalized spacial score (nSPS) is 16.7. The number of benzene rings is 1. The van der Waals surface area contributed by atoms with E-state index in [4.69, 9.17) is 0 Å². The van der Waals surface area contributed by atoms with Gasteiger partial charge in [-0.1, -0.05) is 0 Å². The molecule has 1 aliphatic heterocycles. The molecule has 98 valence electrons. The quantitative estimate of drug-likeness (QED) is 0.823. The number of hydrogen-bond donors (Lipinski definition) is 1. The molecule has 0 unspecified atom stereocenters. The van der Waals surface area contributed by atoms with E-state index in [2.05, 4.69) is 5.32 Å². The van der Waals surface area contributed by atoms with Crippen molar-refractivity contribution in [2.24, 2.45) is 0 Å². The van der Waals surface area contributed by atoms with Crippen molar-refractivity contribution in [3.63, 3.8) is 0 Å². The number of halogens is 3. The van der Waals surface area contributed by atoms with Crippen molar-refractivity contribution >= 4 is 12.0 Å². The SMILES string of the molecule is O=Cc1ccc(N2CCNCC2)c(C(F)(F)F)c1. The maximum atomic E-state index is 13.0. The molecule has 1 aromatic rings. The van der Waals surface area contributed by atoms with Crippen LogP contribution < -0.4 is 10.2 Å². The zero-order chi connectivity index (χ0) is 13.2. The smallest absolute Gasteiger partial charge is 0.368 e. The van der Waals surface area contributed by atoms with Gasteiger partial charge in [-0.05, 0) is 18.2 Å². The van der Waals surface area contributed by atoms with Crippen molar-refractivity contribution in [2.75, 3.05) is 31.1 Å². The van der Waals surface area contributed by atoms with Gasteiger partial charge in [0.05, 0.1) is 5.56 Å². The second kappa shape index (κ2) is 4.97. The number of aldehydes is 1. The lowest BCUT2D eigenvalue weighted by Crippen LogP contribution is -2.44. The van der Waals surface area contributed by atoms with Crippen LogP contribution in [-0.2, 0) is 6.18 Å². The van der Waals surface area contributed by atoms with Gasteiger partial charge in [-0.2, -0.15) is 13.2 Å². The predicted molar refractivity (Wildman–Crippen MR) is 61.9 cm³/mol. The topological polar surface area (TPSA) is 32.3 Å². The van der Waals surface area contributed by atoms with Gasteiger partial charge in [0.1, 0.15) is 6.29 Å². The minimum absolute atomic E-state index is 0.0428. The first kappa shape index (κ1) is 12.9. The van der Waals surface area contributed by atoms with Crippen molar-refractivity contribution in [3.8, 4) is 0 Å². The molecular weight excluding hydrogens is 245 g/mol. The first-order valence-corrected chi connectivity index (χ1v) is 5.64. The number of nitrogens with one attached hydrogen (secondary N) is 1. The Morgan fingerprint density at radius 2 is 1.89 bits per heavy atom. The molecule has 1 aromatic carbocycles. The van der Waals surface area contributed by atoms with E-state index >= 15 is 0 Å². The summed E-state index contributed by atoms with van der Waals surface area (Å²) in [5, 5.41) is 3.09. The fourth-order valence-corrected chi connectivity index (χ4v) is 2.04. The van der Waals surface area contributed by atoms with Gasteiger partial charge in [-0.3, -0.25) is 4.79 Å². The summed E-state index contributed by atoms with van der Waals surface area (Å²) < 4.78 is 38.9. The highest BCUT2D eigenvalue weighted by molar-refractivity contribution is 5.77. The molecular formula is C12H13F3N2O. The summed E-state index contributed by atoms with van der Waals surface area (Å²) in [6, 6.07) is 3.70. The number of anilines is 1. The lowest BCUT2D eigenvalue weighted by Gasteiger charge is -2.31. The van der Waals surface area contributed by atoms with Crippen molar-refractivity contribution < 1.29 is 18.0 Å². The Bertz CT molecular complexity index is 439. The molecule has 0 saturated carbocycles. The molecule has 2 rings (SSSR count). The molecule has 3 nitrogen and oxygen atoms in total. The van der Waals surface area contributed by atoms with E-state index < -0.39 is 11.7 Å². The first-order valence-electron chi connectivity index (χ1n) is 5.64. The van der Waals surface area contributed by atoms with E-state index in [0.717, 1.165) is 6.07 Å². The Morgan fingerprint density at radius 3 is 2.44 bits per heavy atom. The lowest BCUT2D eigenvalue weighted by atomic mass is 10.1. The zero-order valence-corrected chi connectivity index (χ0v) is 9.63. The lowest BCUT2D eigenvalue weighted by molar-refractivity contribution is -0.137.